The van der Waals surface area contributed by atoms with Gasteiger partial charge in [0.2, 0.25) is 0 Å². The van der Waals surface area contributed by atoms with E-state index in [0.717, 1.165) is 22.1 Å². The number of hydrogen-bond acceptors (Lipinski definition) is 1. The van der Waals surface area contributed by atoms with E-state index in [0.29, 0.717) is 0 Å². The Balaban J connectivity index is 2.73. The van der Waals surface area contributed by atoms with E-state index in [9.17, 15) is 0 Å². The zero-order chi connectivity index (χ0) is 7.84. The molecule has 1 aliphatic carbocycles. The van der Waals surface area contributed by atoms with E-state index in [1.54, 1.807) is 0 Å². The van der Waals surface area contributed by atoms with E-state index in [1.807, 2.05) is 31.2 Å². The van der Waals surface area contributed by atoms with Crippen LogP contribution in [0.5, 0.6) is 0 Å². The van der Waals surface area contributed by atoms with Gasteiger partial charge in [0.25, 0.3) is 0 Å². The third-order valence-corrected chi connectivity index (χ3v) is 1.83. The zero-order valence-corrected chi connectivity index (χ0v) is 6.85. The lowest BCUT2D eigenvalue weighted by atomic mass is 10.2. The van der Waals surface area contributed by atoms with Crippen molar-refractivity contribution in [1.82, 2.24) is 0 Å². The van der Waals surface area contributed by atoms with Gasteiger partial charge in [-0.15, -0.1) is 0 Å². The van der Waals surface area contributed by atoms with E-state index in [1.165, 1.54) is 0 Å². The minimum atomic E-state index is 0.731. The van der Waals surface area contributed by atoms with Crippen molar-refractivity contribution in [3.63, 3.8) is 0 Å². The normalized spacial score (nSPS) is 10.7. The lowest BCUT2D eigenvalue weighted by Crippen LogP contribution is -1.74. The van der Waals surface area contributed by atoms with Crippen LogP contribution in [0.25, 0.3) is 11.3 Å². The predicted octanol–water partition coefficient (Wildman–Crippen LogP) is 3.35. The smallest absolute Gasteiger partial charge is 0.135 e. The molecule has 0 amide bonds. The Morgan fingerprint density at radius 3 is 2.91 bits per heavy atom. The number of aryl methyl sites for hydroxylation is 1. The van der Waals surface area contributed by atoms with Crippen molar-refractivity contribution in [3.05, 3.63) is 35.0 Å². The van der Waals surface area contributed by atoms with E-state index in [4.69, 9.17) is 16.0 Å². The highest BCUT2D eigenvalue weighted by atomic mass is 35.5. The average Bonchev–Trinajstić information content (AvgIpc) is 2.27. The second-order valence-corrected chi connectivity index (χ2v) is 2.98. The third kappa shape index (κ3) is 1.12. The maximum Gasteiger partial charge on any atom is 0.135 e. The van der Waals surface area contributed by atoms with Gasteiger partial charge in [-0.2, -0.15) is 0 Å². The van der Waals surface area contributed by atoms with E-state index in [2.05, 4.69) is 0 Å². The molecule has 0 unspecified atom stereocenters. The lowest BCUT2D eigenvalue weighted by molar-refractivity contribution is 0.532. The molecule has 2 aliphatic rings. The summed E-state index contributed by atoms with van der Waals surface area (Å²) in [7, 11) is 0. The molecule has 0 bridgehead atoms. The summed E-state index contributed by atoms with van der Waals surface area (Å²) in [6.07, 6.45) is 0. The molecular formula is C9H7ClO. The zero-order valence-electron chi connectivity index (χ0n) is 6.10. The maximum absolute atomic E-state index is 5.78. The summed E-state index contributed by atoms with van der Waals surface area (Å²) < 4.78 is 5.40. The van der Waals surface area contributed by atoms with Gasteiger partial charge in [-0.05, 0) is 25.1 Å². The van der Waals surface area contributed by atoms with Gasteiger partial charge >= 0.3 is 0 Å². The molecule has 2 rings (SSSR count). The number of halogens is 1. The van der Waals surface area contributed by atoms with Crippen molar-refractivity contribution in [2.75, 3.05) is 0 Å². The summed E-state index contributed by atoms with van der Waals surface area (Å²) in [6.45, 7) is 1.92. The highest BCUT2D eigenvalue weighted by molar-refractivity contribution is 6.31. The predicted molar refractivity (Wildman–Crippen MR) is 45.1 cm³/mol. The van der Waals surface area contributed by atoms with Crippen molar-refractivity contribution in [2.24, 2.45) is 0 Å². The Morgan fingerprint density at radius 2 is 2.09 bits per heavy atom. The Bertz CT molecular complexity index is 351. The van der Waals surface area contributed by atoms with Crippen LogP contribution in [0.1, 0.15) is 5.76 Å². The van der Waals surface area contributed by atoms with E-state index >= 15 is 0 Å². The minimum absolute atomic E-state index is 0.731. The Labute approximate surface area is 69.9 Å². The molecular weight excluding hydrogens is 160 g/mol. The van der Waals surface area contributed by atoms with Crippen molar-refractivity contribution in [1.29, 1.82) is 0 Å². The van der Waals surface area contributed by atoms with Gasteiger partial charge in [0, 0.05) is 16.7 Å². The molecule has 11 heavy (non-hydrogen) atoms. The van der Waals surface area contributed by atoms with Crippen molar-refractivity contribution >= 4 is 11.6 Å². The molecule has 0 fully saturated rings. The molecule has 0 aromatic heterocycles. The number of fused-ring (bicyclic) bond motifs is 1. The first-order valence-electron chi connectivity index (χ1n) is 3.41. The first-order chi connectivity index (χ1) is 5.25. The molecule has 0 spiro atoms. The van der Waals surface area contributed by atoms with Gasteiger partial charge in [-0.3, -0.25) is 0 Å². The second kappa shape index (κ2) is 2.28. The highest BCUT2D eigenvalue weighted by Gasteiger charge is 2.06. The van der Waals surface area contributed by atoms with Gasteiger partial charge in [0.05, 0.1) is 0 Å². The molecule has 1 heterocycles. The Hall–Kier alpha value is -0.950. The second-order valence-electron chi connectivity index (χ2n) is 2.54. The van der Waals surface area contributed by atoms with Gasteiger partial charge in [0.1, 0.15) is 11.5 Å². The topological polar surface area (TPSA) is 13.1 Å². The van der Waals surface area contributed by atoms with Crippen LogP contribution in [0.4, 0.5) is 0 Å². The SMILES string of the molecule is Cc1ccc2cc(Cl)cc-2o1. The molecule has 0 aromatic carbocycles. The summed E-state index contributed by atoms with van der Waals surface area (Å²) in [4.78, 5) is 0. The van der Waals surface area contributed by atoms with Gasteiger partial charge < -0.3 is 4.42 Å². The van der Waals surface area contributed by atoms with Crippen LogP contribution < -0.4 is 0 Å². The standard InChI is InChI=1S/C9H7ClO/c1-6-2-3-7-4-8(10)5-9(7)11-6/h2-5H,1H3. The molecule has 0 N–H and O–H groups in total. The van der Waals surface area contributed by atoms with Crippen molar-refractivity contribution < 1.29 is 4.42 Å². The number of hydrogen-bond donors (Lipinski definition) is 0. The quantitative estimate of drug-likeness (QED) is 0.585. The van der Waals surface area contributed by atoms with Gasteiger partial charge in [-0.25, -0.2) is 0 Å². The molecule has 0 saturated heterocycles. The van der Waals surface area contributed by atoms with Crippen LogP contribution >= 0.6 is 11.6 Å². The largest absolute Gasteiger partial charge is 0.461 e. The van der Waals surface area contributed by atoms with Crippen LogP contribution in [0.3, 0.4) is 0 Å². The summed E-state index contributed by atoms with van der Waals surface area (Å²) in [5.74, 6) is 1.76. The Morgan fingerprint density at radius 1 is 1.27 bits per heavy atom. The lowest BCUT2D eigenvalue weighted by Gasteiger charge is -1.97. The summed E-state index contributed by atoms with van der Waals surface area (Å²) in [6, 6.07) is 7.64. The molecule has 1 nitrogen and oxygen atoms in total. The van der Waals surface area contributed by atoms with Gasteiger partial charge in [0.15, 0.2) is 0 Å². The fourth-order valence-electron chi connectivity index (χ4n) is 1.10. The van der Waals surface area contributed by atoms with Crippen molar-refractivity contribution in [3.8, 4) is 11.3 Å². The fraction of sp³-hybridized carbons (Fsp3) is 0.111. The molecule has 2 heteroatoms. The van der Waals surface area contributed by atoms with Crippen LogP contribution in [-0.2, 0) is 0 Å². The third-order valence-electron chi connectivity index (χ3n) is 1.62. The van der Waals surface area contributed by atoms with E-state index in [-0.39, 0.29) is 0 Å². The highest BCUT2D eigenvalue weighted by Crippen LogP contribution is 2.29. The van der Waals surface area contributed by atoms with Crippen LogP contribution in [0, 0.1) is 6.92 Å². The summed E-state index contributed by atoms with van der Waals surface area (Å²) in [5.41, 5.74) is 1.06. The van der Waals surface area contributed by atoms with Crippen LogP contribution in [0.15, 0.2) is 28.7 Å². The molecule has 56 valence electrons. The van der Waals surface area contributed by atoms with Crippen LogP contribution in [-0.4, -0.2) is 0 Å². The molecule has 0 atom stereocenters. The fourth-order valence-corrected chi connectivity index (χ4v) is 1.32. The van der Waals surface area contributed by atoms with Crippen molar-refractivity contribution in [2.45, 2.75) is 6.92 Å². The minimum Gasteiger partial charge on any atom is -0.461 e. The van der Waals surface area contributed by atoms with Gasteiger partial charge in [-0.1, -0.05) is 11.6 Å². The Kier molecular flexibility index (Phi) is 1.40. The molecule has 0 saturated carbocycles. The van der Waals surface area contributed by atoms with Crippen LogP contribution in [0.2, 0.25) is 5.02 Å². The average molecular weight is 167 g/mol. The maximum atomic E-state index is 5.78. The summed E-state index contributed by atoms with van der Waals surface area (Å²) in [5, 5.41) is 0.731. The number of rotatable bonds is 0. The molecule has 0 radical (unpaired) electrons. The first kappa shape index (κ1) is 6.74. The van der Waals surface area contributed by atoms with E-state index < -0.39 is 0 Å². The molecule has 0 aromatic rings. The first-order valence-corrected chi connectivity index (χ1v) is 3.79. The molecule has 1 aliphatic heterocycles. The monoisotopic (exact) mass is 166 g/mol. The summed E-state index contributed by atoms with van der Waals surface area (Å²) >= 11 is 5.78.